The maximum absolute atomic E-state index is 15.0. The molecule has 2 amide bonds. The molecule has 2 unspecified atom stereocenters. The summed E-state index contributed by atoms with van der Waals surface area (Å²) in [6.07, 6.45) is 4.65. The first-order chi connectivity index (χ1) is 19.7. The number of benzene rings is 1. The van der Waals surface area contributed by atoms with Gasteiger partial charge in [0, 0.05) is 31.9 Å². The van der Waals surface area contributed by atoms with E-state index in [9.17, 15) is 14.0 Å². The molecule has 10 heteroatoms. The van der Waals surface area contributed by atoms with Crippen molar-refractivity contribution in [3.8, 4) is 11.3 Å². The number of anilines is 2. The smallest absolute Gasteiger partial charge is 0.246 e. The van der Waals surface area contributed by atoms with Gasteiger partial charge in [-0.1, -0.05) is 44.2 Å². The Kier molecular flexibility index (Phi) is 7.91. The third-order valence-corrected chi connectivity index (χ3v) is 8.03. The van der Waals surface area contributed by atoms with Crippen LogP contribution < -0.4 is 4.90 Å². The highest BCUT2D eigenvalue weighted by Crippen LogP contribution is 2.41. The van der Waals surface area contributed by atoms with E-state index in [1.807, 2.05) is 26.8 Å². The van der Waals surface area contributed by atoms with Gasteiger partial charge in [0.2, 0.25) is 12.3 Å². The number of halogens is 2. The van der Waals surface area contributed by atoms with E-state index in [2.05, 4.69) is 21.5 Å². The molecule has 1 aromatic carbocycles. The molecule has 6 rings (SSSR count). The predicted molar refractivity (Wildman–Crippen MR) is 159 cm³/mol. The van der Waals surface area contributed by atoms with Crippen LogP contribution in [0.5, 0.6) is 0 Å². The Morgan fingerprint density at radius 3 is 2.56 bits per heavy atom. The normalized spacial score (nSPS) is 18.3. The molecule has 2 atom stereocenters. The number of aliphatic imine (C=N–C) groups is 1. The Morgan fingerprint density at radius 1 is 1.24 bits per heavy atom. The molecule has 0 aliphatic carbocycles. The van der Waals surface area contributed by atoms with Gasteiger partial charge in [0.25, 0.3) is 0 Å². The first-order valence-electron chi connectivity index (χ1n) is 13.5. The fraction of sp³-hybridized carbons (Fsp3) is 0.323. The molecule has 41 heavy (non-hydrogen) atoms. The van der Waals surface area contributed by atoms with Crippen molar-refractivity contribution in [1.29, 1.82) is 0 Å². The molecule has 3 aliphatic rings. The summed E-state index contributed by atoms with van der Waals surface area (Å²) in [5.74, 6) is 0.296. The first-order valence-corrected chi connectivity index (χ1v) is 13.9. The zero-order valence-electron chi connectivity index (χ0n) is 23.5. The van der Waals surface area contributed by atoms with Gasteiger partial charge in [-0.25, -0.2) is 9.37 Å². The number of hydrogen-bond acceptors (Lipinski definition) is 5. The summed E-state index contributed by atoms with van der Waals surface area (Å²) in [6.45, 7) is 10.6. The number of aryl methyl sites for hydroxylation is 1. The lowest BCUT2D eigenvalue weighted by molar-refractivity contribution is -0.134. The number of carbonyl (C=O) groups excluding carboxylic acids is 2. The molecular formula is C31H32ClFN6O2. The van der Waals surface area contributed by atoms with Gasteiger partial charge in [-0.15, -0.1) is 0 Å². The molecular weight excluding hydrogens is 543 g/mol. The number of amides is 2. The van der Waals surface area contributed by atoms with Gasteiger partial charge in [-0.2, -0.15) is 0 Å². The Bertz CT molecular complexity index is 1550. The zero-order chi connectivity index (χ0) is 29.4. The number of amidine groups is 1. The van der Waals surface area contributed by atoms with Crippen molar-refractivity contribution in [3.63, 3.8) is 0 Å². The molecule has 0 radical (unpaired) electrons. The lowest BCUT2D eigenvalue weighted by Gasteiger charge is -2.57. The molecule has 0 saturated carbocycles. The van der Waals surface area contributed by atoms with Gasteiger partial charge in [0.15, 0.2) is 5.82 Å². The van der Waals surface area contributed by atoms with Crippen LogP contribution in [0.15, 0.2) is 60.2 Å². The van der Waals surface area contributed by atoms with Crippen LogP contribution in [-0.4, -0.2) is 70.1 Å². The maximum Gasteiger partial charge on any atom is 0.246 e. The zero-order valence-corrected chi connectivity index (χ0v) is 24.3. The van der Waals surface area contributed by atoms with E-state index < -0.39 is 5.82 Å². The van der Waals surface area contributed by atoms with E-state index in [1.54, 1.807) is 42.4 Å². The van der Waals surface area contributed by atoms with Crippen molar-refractivity contribution in [2.24, 2.45) is 4.99 Å². The lowest BCUT2D eigenvalue weighted by atomic mass is 9.86. The van der Waals surface area contributed by atoms with Crippen LogP contribution in [0.4, 0.5) is 15.9 Å². The van der Waals surface area contributed by atoms with Crippen LogP contribution >= 0.6 is 11.6 Å². The summed E-state index contributed by atoms with van der Waals surface area (Å²) < 4.78 is 15.0. The van der Waals surface area contributed by atoms with Gasteiger partial charge in [-0.05, 0) is 55.2 Å². The monoisotopic (exact) mass is 574 g/mol. The maximum atomic E-state index is 15.0. The SMILES string of the molecule is C=CC(=O)N1CC2CC(C1)N2C(=NC)c1cc(Cl)c(-c2ccccc2F)nc1N(C=O)c1c(C)ccnc1C(C)C. The highest BCUT2D eigenvalue weighted by Gasteiger charge is 2.48. The Balaban J connectivity index is 1.70. The van der Waals surface area contributed by atoms with E-state index in [-0.39, 0.29) is 46.0 Å². The standard InChI is InChI=1S/C31H32ClFN6O2/c1-6-26(41)37-15-20-13-21(16-37)39(20)30(34-5)23-14-24(32)28(22-9-7-8-10-25(22)33)36-31(23)38(17-40)29-19(4)11-12-35-27(29)18(2)3/h6-12,14,17-18,20-21H,1,13,15-16H2,2-5H3. The van der Waals surface area contributed by atoms with Crippen LogP contribution in [0, 0.1) is 12.7 Å². The summed E-state index contributed by atoms with van der Waals surface area (Å²) >= 11 is 6.80. The Labute approximate surface area is 244 Å². The summed E-state index contributed by atoms with van der Waals surface area (Å²) in [4.78, 5) is 44.7. The summed E-state index contributed by atoms with van der Waals surface area (Å²) in [7, 11) is 1.68. The molecule has 3 aliphatic heterocycles. The number of nitrogens with zero attached hydrogens (tertiary/aromatic N) is 6. The molecule has 212 valence electrons. The van der Waals surface area contributed by atoms with Crippen molar-refractivity contribution < 1.29 is 14.0 Å². The minimum atomic E-state index is -0.479. The van der Waals surface area contributed by atoms with Gasteiger partial charge in [-0.3, -0.25) is 24.5 Å². The molecule has 0 N–H and O–H groups in total. The third kappa shape index (κ3) is 4.99. The molecule has 2 bridgehead atoms. The van der Waals surface area contributed by atoms with Crippen molar-refractivity contribution in [1.82, 2.24) is 19.8 Å². The summed E-state index contributed by atoms with van der Waals surface area (Å²) in [5.41, 5.74) is 3.13. The number of piperidine rings is 1. The van der Waals surface area contributed by atoms with E-state index in [4.69, 9.17) is 16.6 Å². The van der Waals surface area contributed by atoms with Crippen molar-refractivity contribution >= 4 is 41.3 Å². The van der Waals surface area contributed by atoms with Gasteiger partial charge in [0.05, 0.1) is 39.7 Å². The average Bonchev–Trinajstić information content (AvgIpc) is 2.97. The minimum absolute atomic E-state index is 0.0107. The summed E-state index contributed by atoms with van der Waals surface area (Å²) in [5, 5.41) is 0.224. The van der Waals surface area contributed by atoms with E-state index in [0.717, 1.165) is 17.7 Å². The van der Waals surface area contributed by atoms with E-state index in [0.29, 0.717) is 36.6 Å². The quantitative estimate of drug-likeness (QED) is 0.161. The van der Waals surface area contributed by atoms with Crippen molar-refractivity contribution in [3.05, 3.63) is 82.9 Å². The second kappa shape index (κ2) is 11.4. The number of aromatic nitrogens is 2. The second-order valence-electron chi connectivity index (χ2n) is 10.6. The lowest BCUT2D eigenvalue weighted by Crippen LogP contribution is -2.70. The fourth-order valence-corrected chi connectivity index (χ4v) is 6.08. The van der Waals surface area contributed by atoms with E-state index >= 15 is 0 Å². The fourth-order valence-electron chi connectivity index (χ4n) is 5.82. The molecule has 8 nitrogen and oxygen atoms in total. The van der Waals surface area contributed by atoms with Crippen LogP contribution in [0.1, 0.15) is 43.0 Å². The molecule has 0 spiro atoms. The Morgan fingerprint density at radius 2 is 1.95 bits per heavy atom. The van der Waals surface area contributed by atoms with Gasteiger partial charge >= 0.3 is 0 Å². The molecule has 2 aromatic heterocycles. The van der Waals surface area contributed by atoms with Crippen LogP contribution in [0.3, 0.4) is 0 Å². The predicted octanol–water partition coefficient (Wildman–Crippen LogP) is 5.51. The van der Waals surface area contributed by atoms with Gasteiger partial charge < -0.3 is 9.80 Å². The van der Waals surface area contributed by atoms with Crippen LogP contribution in [-0.2, 0) is 9.59 Å². The highest BCUT2D eigenvalue weighted by molar-refractivity contribution is 6.33. The number of fused-ring (bicyclic) bond motifs is 2. The number of piperazine rings is 1. The average molecular weight is 575 g/mol. The van der Waals surface area contributed by atoms with E-state index in [1.165, 1.54) is 17.0 Å². The molecule has 5 heterocycles. The largest absolute Gasteiger partial charge is 0.347 e. The second-order valence-corrected chi connectivity index (χ2v) is 11.0. The first kappa shape index (κ1) is 28.4. The number of pyridine rings is 2. The number of carbonyl (C=O) groups is 2. The minimum Gasteiger partial charge on any atom is -0.347 e. The molecule has 3 saturated heterocycles. The van der Waals surface area contributed by atoms with Crippen LogP contribution in [0.2, 0.25) is 5.02 Å². The Hall–Kier alpha value is -4.11. The summed E-state index contributed by atoms with van der Waals surface area (Å²) in [6, 6.07) is 9.86. The highest BCUT2D eigenvalue weighted by atomic mass is 35.5. The third-order valence-electron chi connectivity index (χ3n) is 7.74. The van der Waals surface area contributed by atoms with Crippen molar-refractivity contribution in [2.75, 3.05) is 25.0 Å². The molecule has 3 fully saturated rings. The number of rotatable bonds is 7. The molecule has 3 aromatic rings. The number of hydrogen-bond donors (Lipinski definition) is 0. The van der Waals surface area contributed by atoms with Gasteiger partial charge in [0.1, 0.15) is 11.7 Å². The van der Waals surface area contributed by atoms with Crippen molar-refractivity contribution in [2.45, 2.75) is 45.2 Å². The topological polar surface area (TPSA) is 82.0 Å². The van der Waals surface area contributed by atoms with Crippen LogP contribution in [0.25, 0.3) is 11.3 Å².